The Morgan fingerprint density at radius 2 is 0.931 bits per heavy atom. The van der Waals surface area contributed by atoms with Crippen molar-refractivity contribution in [3.8, 4) is 44.5 Å². The number of fused-ring (bicyclic) bond motifs is 6. The fourth-order valence-electron chi connectivity index (χ4n) is 10.0. The van der Waals surface area contributed by atoms with Crippen LogP contribution >= 0.6 is 0 Å². The first-order valence-electron chi connectivity index (χ1n) is 20.7. The summed E-state index contributed by atoms with van der Waals surface area (Å²) in [4.78, 5) is 2.41. The summed E-state index contributed by atoms with van der Waals surface area (Å²) in [5.74, 6) is 0. The molecule has 0 aromatic heterocycles. The molecule has 0 saturated heterocycles. The van der Waals surface area contributed by atoms with E-state index < -0.39 is 0 Å². The number of nitrogens with zero attached hydrogens (tertiary/aromatic N) is 1. The molecule has 0 aliphatic heterocycles. The molecule has 0 fully saturated rings. The predicted molar refractivity (Wildman–Crippen MR) is 246 cm³/mol. The fraction of sp³-hybridized carbons (Fsp3) is 0.158. The van der Waals surface area contributed by atoms with Gasteiger partial charge in [0.15, 0.2) is 0 Å². The topological polar surface area (TPSA) is 3.24 Å². The van der Waals surface area contributed by atoms with E-state index in [1.807, 2.05) is 0 Å². The molecule has 0 heterocycles. The summed E-state index contributed by atoms with van der Waals surface area (Å²) in [5.41, 5.74) is 21.6. The van der Waals surface area contributed by atoms with Gasteiger partial charge in [0.05, 0.1) is 0 Å². The van der Waals surface area contributed by atoms with Crippen molar-refractivity contribution in [3.05, 3.63) is 221 Å². The average molecular weight is 748 g/mol. The van der Waals surface area contributed by atoms with Gasteiger partial charge < -0.3 is 4.90 Å². The van der Waals surface area contributed by atoms with E-state index >= 15 is 0 Å². The Morgan fingerprint density at radius 1 is 0.379 bits per heavy atom. The van der Waals surface area contributed by atoms with Gasteiger partial charge in [-0.15, -0.1) is 0 Å². The third-order valence-corrected chi connectivity index (χ3v) is 13.1. The second kappa shape index (κ2) is 13.3. The van der Waals surface area contributed by atoms with E-state index in [0.29, 0.717) is 0 Å². The molecule has 58 heavy (non-hydrogen) atoms. The Morgan fingerprint density at radius 3 is 1.64 bits per heavy atom. The van der Waals surface area contributed by atoms with Gasteiger partial charge >= 0.3 is 0 Å². The van der Waals surface area contributed by atoms with Gasteiger partial charge in [0.1, 0.15) is 0 Å². The van der Waals surface area contributed by atoms with Crippen molar-refractivity contribution >= 4 is 17.1 Å². The van der Waals surface area contributed by atoms with Crippen LogP contribution in [-0.4, -0.2) is 0 Å². The minimum atomic E-state index is -0.235. The molecule has 10 rings (SSSR count). The maximum absolute atomic E-state index is 2.43. The Labute approximate surface area is 344 Å². The lowest BCUT2D eigenvalue weighted by molar-refractivity contribution is 0.590. The summed E-state index contributed by atoms with van der Waals surface area (Å²) < 4.78 is 0. The van der Waals surface area contributed by atoms with Crippen LogP contribution in [0.4, 0.5) is 17.1 Å². The molecule has 8 aromatic rings. The second-order valence-electron chi connectivity index (χ2n) is 17.9. The van der Waals surface area contributed by atoms with E-state index in [0.717, 1.165) is 17.1 Å². The van der Waals surface area contributed by atoms with Crippen molar-refractivity contribution in [3.63, 3.8) is 0 Å². The van der Waals surface area contributed by atoms with Gasteiger partial charge in [-0.3, -0.25) is 0 Å². The molecule has 0 amide bonds. The van der Waals surface area contributed by atoms with Gasteiger partial charge in [0.2, 0.25) is 0 Å². The summed E-state index contributed by atoms with van der Waals surface area (Å²) in [6.07, 6.45) is 0. The molecule has 1 unspecified atom stereocenters. The van der Waals surface area contributed by atoms with Crippen molar-refractivity contribution in [2.75, 3.05) is 4.90 Å². The van der Waals surface area contributed by atoms with E-state index in [9.17, 15) is 0 Å². The third kappa shape index (κ3) is 5.59. The molecular formula is C57H49N. The first-order valence-corrected chi connectivity index (χ1v) is 20.7. The summed E-state index contributed by atoms with van der Waals surface area (Å²) in [6.45, 7) is 14.0. The number of rotatable bonds is 6. The van der Waals surface area contributed by atoms with Gasteiger partial charge in [-0.05, 0) is 133 Å². The SMILES string of the molecule is CC(C)(C)c1ccc(N(c2ccc(-c3ccc4c(c3)C(C)(c3ccccc3)c3ccccc3-4)cc2)c2cccc(-c3cccc4c3C(C)(C)c3ccccc3-4)c2)cc1. The minimum Gasteiger partial charge on any atom is -0.310 e. The van der Waals surface area contributed by atoms with Gasteiger partial charge in [0, 0.05) is 27.9 Å². The van der Waals surface area contributed by atoms with Crippen LogP contribution in [0.15, 0.2) is 188 Å². The van der Waals surface area contributed by atoms with Crippen molar-refractivity contribution in [1.82, 2.24) is 0 Å². The lowest BCUT2D eigenvalue weighted by Crippen LogP contribution is -2.22. The van der Waals surface area contributed by atoms with Crippen LogP contribution in [0.1, 0.15) is 74.9 Å². The second-order valence-corrected chi connectivity index (χ2v) is 17.9. The molecule has 1 heteroatoms. The van der Waals surface area contributed by atoms with E-state index in [1.54, 1.807) is 0 Å². The largest absolute Gasteiger partial charge is 0.310 e. The van der Waals surface area contributed by atoms with Crippen molar-refractivity contribution in [2.24, 2.45) is 0 Å². The zero-order valence-electron chi connectivity index (χ0n) is 34.3. The molecule has 0 spiro atoms. The van der Waals surface area contributed by atoms with Crippen LogP contribution < -0.4 is 4.90 Å². The van der Waals surface area contributed by atoms with E-state index in [4.69, 9.17) is 0 Å². The van der Waals surface area contributed by atoms with Crippen LogP contribution in [0.2, 0.25) is 0 Å². The lowest BCUT2D eigenvalue weighted by Gasteiger charge is -2.29. The lowest BCUT2D eigenvalue weighted by atomic mass is 9.74. The summed E-state index contributed by atoms with van der Waals surface area (Å²) >= 11 is 0. The van der Waals surface area contributed by atoms with E-state index in [-0.39, 0.29) is 16.2 Å². The molecule has 0 bridgehead atoms. The molecule has 8 aromatic carbocycles. The van der Waals surface area contributed by atoms with Crippen LogP contribution in [0.5, 0.6) is 0 Å². The Bertz CT molecular complexity index is 2840. The average Bonchev–Trinajstić information content (AvgIpc) is 3.66. The van der Waals surface area contributed by atoms with Crippen LogP contribution in [0.25, 0.3) is 44.5 Å². The molecule has 2 aliphatic carbocycles. The number of hydrogen-bond donors (Lipinski definition) is 0. The molecule has 1 atom stereocenters. The maximum Gasteiger partial charge on any atom is 0.0467 e. The maximum atomic E-state index is 2.43. The number of benzene rings is 8. The van der Waals surface area contributed by atoms with Crippen LogP contribution in [0.3, 0.4) is 0 Å². The highest BCUT2D eigenvalue weighted by Crippen LogP contribution is 2.54. The first-order chi connectivity index (χ1) is 28.0. The smallest absolute Gasteiger partial charge is 0.0467 e. The zero-order valence-corrected chi connectivity index (χ0v) is 34.3. The van der Waals surface area contributed by atoms with Gasteiger partial charge in [-0.1, -0.05) is 180 Å². The summed E-state index contributed by atoms with van der Waals surface area (Å²) in [6, 6.07) is 70.1. The van der Waals surface area contributed by atoms with E-state index in [1.165, 1.54) is 77.9 Å². The normalized spacial score (nSPS) is 16.0. The number of hydrogen-bond acceptors (Lipinski definition) is 1. The highest BCUT2D eigenvalue weighted by atomic mass is 15.1. The molecular weight excluding hydrogens is 699 g/mol. The standard InChI is InChI=1S/C57H49N/c1-55(2,3)41-29-33-44(34-30-41)58(45-19-14-16-40(36-45)46-22-15-23-50-48-21-10-12-24-51(48)56(4,5)54(46)50)43-31-26-38(27-32-43)39-28-35-49-47-20-11-13-25-52(47)57(6,53(49)37-39)42-17-8-7-9-18-42/h7-37H,1-6H3. The van der Waals surface area contributed by atoms with Crippen molar-refractivity contribution in [1.29, 1.82) is 0 Å². The highest BCUT2D eigenvalue weighted by molar-refractivity contribution is 5.90. The van der Waals surface area contributed by atoms with Gasteiger partial charge in [-0.2, -0.15) is 0 Å². The molecule has 2 aliphatic rings. The molecule has 282 valence electrons. The zero-order chi connectivity index (χ0) is 39.8. The van der Waals surface area contributed by atoms with Crippen molar-refractivity contribution < 1.29 is 0 Å². The molecule has 1 nitrogen and oxygen atoms in total. The van der Waals surface area contributed by atoms with Gasteiger partial charge in [-0.25, -0.2) is 0 Å². The number of anilines is 3. The quantitative estimate of drug-likeness (QED) is 0.164. The molecule has 0 radical (unpaired) electrons. The predicted octanol–water partition coefficient (Wildman–Crippen LogP) is 15.4. The fourth-order valence-corrected chi connectivity index (χ4v) is 10.0. The summed E-state index contributed by atoms with van der Waals surface area (Å²) in [5, 5.41) is 0. The summed E-state index contributed by atoms with van der Waals surface area (Å²) in [7, 11) is 0. The van der Waals surface area contributed by atoms with E-state index in [2.05, 4.69) is 234 Å². The third-order valence-electron chi connectivity index (χ3n) is 13.1. The van der Waals surface area contributed by atoms with Crippen molar-refractivity contribution in [2.45, 2.75) is 57.8 Å². The monoisotopic (exact) mass is 747 g/mol. The Balaban J connectivity index is 1.06. The molecule has 0 saturated carbocycles. The Hall–Kier alpha value is -6.44. The molecule has 0 N–H and O–H groups in total. The van der Waals surface area contributed by atoms with Crippen LogP contribution in [-0.2, 0) is 16.2 Å². The first kappa shape index (κ1) is 35.9. The highest BCUT2D eigenvalue weighted by Gasteiger charge is 2.41. The minimum absolute atomic E-state index is 0.0663. The van der Waals surface area contributed by atoms with Gasteiger partial charge in [0.25, 0.3) is 0 Å². The Kier molecular flexibility index (Phi) is 8.25. The van der Waals surface area contributed by atoms with Crippen LogP contribution in [0, 0.1) is 0 Å².